The van der Waals surface area contributed by atoms with E-state index in [9.17, 15) is 0 Å². The predicted molar refractivity (Wildman–Crippen MR) is 95.8 cm³/mol. The van der Waals surface area contributed by atoms with Gasteiger partial charge in [0.15, 0.2) is 0 Å². The Morgan fingerprint density at radius 3 is 2.52 bits per heavy atom. The number of rotatable bonds is 8. The smallest absolute Gasteiger partial charge is 0.119 e. The molecule has 0 aliphatic carbocycles. The van der Waals surface area contributed by atoms with Crippen LogP contribution in [0.4, 0.5) is 11.4 Å². The van der Waals surface area contributed by atoms with Gasteiger partial charge in [-0.3, -0.25) is 4.98 Å². The van der Waals surface area contributed by atoms with Crippen LogP contribution in [0.25, 0.3) is 10.9 Å². The van der Waals surface area contributed by atoms with E-state index in [4.69, 9.17) is 14.6 Å². The second-order valence-electron chi connectivity index (χ2n) is 5.26. The van der Waals surface area contributed by atoms with E-state index in [0.29, 0.717) is 19.8 Å². The van der Waals surface area contributed by atoms with Crippen molar-refractivity contribution in [3.05, 3.63) is 60.8 Å². The molecule has 0 saturated heterocycles. The zero-order valence-electron chi connectivity index (χ0n) is 13.7. The molecule has 1 N–H and O–H groups in total. The van der Waals surface area contributed by atoms with Gasteiger partial charge in [-0.15, -0.1) is 0 Å². The molecule has 0 aliphatic heterocycles. The lowest BCUT2D eigenvalue weighted by Gasteiger charge is -2.06. The Hall–Kier alpha value is -2.83. The normalized spacial score (nSPS) is 11.2. The number of ether oxygens (including phenoxy) is 2. The fraction of sp³-hybridized carbons (Fsp3) is 0.211. The third kappa shape index (κ3) is 5.07. The molecule has 6 heteroatoms. The maximum absolute atomic E-state index is 8.61. The minimum absolute atomic E-state index is 0.0213. The highest BCUT2D eigenvalue weighted by Crippen LogP contribution is 2.23. The van der Waals surface area contributed by atoms with Gasteiger partial charge in [0.25, 0.3) is 0 Å². The molecule has 0 aliphatic rings. The lowest BCUT2D eigenvalue weighted by atomic mass is 10.2. The van der Waals surface area contributed by atoms with E-state index in [-0.39, 0.29) is 6.61 Å². The molecule has 0 radical (unpaired) electrons. The summed E-state index contributed by atoms with van der Waals surface area (Å²) in [6.45, 7) is 1.23. The van der Waals surface area contributed by atoms with E-state index in [2.05, 4.69) is 15.2 Å². The molecule has 1 heterocycles. The van der Waals surface area contributed by atoms with Crippen molar-refractivity contribution < 1.29 is 14.6 Å². The Labute approximate surface area is 145 Å². The lowest BCUT2D eigenvalue weighted by molar-refractivity contribution is 0.0705. The Morgan fingerprint density at radius 1 is 0.880 bits per heavy atom. The van der Waals surface area contributed by atoms with Gasteiger partial charge < -0.3 is 14.6 Å². The van der Waals surface area contributed by atoms with Crippen molar-refractivity contribution in [2.24, 2.45) is 10.2 Å². The molecule has 3 aromatic rings. The summed E-state index contributed by atoms with van der Waals surface area (Å²) in [6, 6.07) is 17.0. The Balaban J connectivity index is 1.57. The second-order valence-corrected chi connectivity index (χ2v) is 5.26. The number of hydrogen-bond donors (Lipinski definition) is 1. The lowest BCUT2D eigenvalue weighted by Crippen LogP contribution is -2.08. The molecule has 0 spiro atoms. The number of aliphatic hydroxyl groups excluding tert-OH is 1. The summed E-state index contributed by atoms with van der Waals surface area (Å²) in [4.78, 5) is 4.28. The van der Waals surface area contributed by atoms with Crippen LogP contribution in [-0.4, -0.2) is 36.5 Å². The Bertz CT molecular complexity index is 835. The van der Waals surface area contributed by atoms with Gasteiger partial charge in [-0.2, -0.15) is 10.2 Å². The minimum atomic E-state index is 0.0213. The van der Waals surface area contributed by atoms with E-state index in [0.717, 1.165) is 28.0 Å². The quantitative estimate of drug-likeness (QED) is 0.497. The molecule has 0 atom stereocenters. The zero-order chi connectivity index (χ0) is 17.3. The number of azo groups is 1. The van der Waals surface area contributed by atoms with Gasteiger partial charge in [0.1, 0.15) is 12.4 Å². The van der Waals surface area contributed by atoms with E-state index in [1.165, 1.54) is 0 Å². The van der Waals surface area contributed by atoms with Crippen LogP contribution in [0.3, 0.4) is 0 Å². The first-order valence-electron chi connectivity index (χ1n) is 8.03. The zero-order valence-corrected chi connectivity index (χ0v) is 13.7. The molecule has 6 nitrogen and oxygen atoms in total. The number of hydrogen-bond acceptors (Lipinski definition) is 6. The molecule has 25 heavy (non-hydrogen) atoms. The van der Waals surface area contributed by atoms with Gasteiger partial charge in [0.2, 0.25) is 0 Å². The number of pyridine rings is 1. The summed E-state index contributed by atoms with van der Waals surface area (Å²) in [7, 11) is 0. The highest BCUT2D eigenvalue weighted by atomic mass is 16.5. The standard InChI is InChI=1S/C19H19N3O3/c23-10-11-24-12-13-25-18-6-3-16(4-7-18)21-22-17-5-8-19-15(14-17)2-1-9-20-19/h1-9,14,23H,10-13H2. The first-order chi connectivity index (χ1) is 12.3. The first kappa shape index (κ1) is 17.0. The fourth-order valence-electron chi connectivity index (χ4n) is 2.23. The van der Waals surface area contributed by atoms with Crippen molar-refractivity contribution in [1.29, 1.82) is 0 Å². The third-order valence-electron chi connectivity index (χ3n) is 3.44. The first-order valence-corrected chi connectivity index (χ1v) is 8.03. The summed E-state index contributed by atoms with van der Waals surface area (Å²) in [6.07, 6.45) is 1.77. The van der Waals surface area contributed by atoms with Crippen LogP contribution in [0.1, 0.15) is 0 Å². The average Bonchev–Trinajstić information content (AvgIpc) is 2.67. The van der Waals surface area contributed by atoms with Gasteiger partial charge in [0, 0.05) is 11.6 Å². The molecule has 0 amide bonds. The Morgan fingerprint density at radius 2 is 1.68 bits per heavy atom. The number of benzene rings is 2. The van der Waals surface area contributed by atoms with Crippen molar-refractivity contribution in [1.82, 2.24) is 4.98 Å². The van der Waals surface area contributed by atoms with Crippen molar-refractivity contribution in [2.45, 2.75) is 0 Å². The monoisotopic (exact) mass is 337 g/mol. The summed E-state index contributed by atoms with van der Waals surface area (Å²) >= 11 is 0. The van der Waals surface area contributed by atoms with Gasteiger partial charge in [-0.05, 0) is 48.5 Å². The van der Waals surface area contributed by atoms with Crippen LogP contribution in [0.15, 0.2) is 71.0 Å². The van der Waals surface area contributed by atoms with Crippen molar-refractivity contribution in [3.8, 4) is 5.75 Å². The van der Waals surface area contributed by atoms with Gasteiger partial charge >= 0.3 is 0 Å². The average molecular weight is 337 g/mol. The third-order valence-corrected chi connectivity index (χ3v) is 3.44. The summed E-state index contributed by atoms with van der Waals surface area (Å²) in [5.74, 6) is 0.739. The molecule has 0 bridgehead atoms. The number of aliphatic hydroxyl groups is 1. The van der Waals surface area contributed by atoms with Crippen LogP contribution in [0.2, 0.25) is 0 Å². The van der Waals surface area contributed by atoms with Crippen LogP contribution in [-0.2, 0) is 4.74 Å². The predicted octanol–water partition coefficient (Wildman–Crippen LogP) is 4.04. The maximum atomic E-state index is 8.61. The summed E-state index contributed by atoms with van der Waals surface area (Å²) in [5.41, 5.74) is 2.46. The van der Waals surface area contributed by atoms with Crippen LogP contribution in [0, 0.1) is 0 Å². The van der Waals surface area contributed by atoms with Crippen molar-refractivity contribution in [3.63, 3.8) is 0 Å². The summed E-state index contributed by atoms with van der Waals surface area (Å²) < 4.78 is 10.7. The largest absolute Gasteiger partial charge is 0.491 e. The topological polar surface area (TPSA) is 76.3 Å². The SMILES string of the molecule is OCCOCCOc1ccc(N=Nc2ccc3ncccc3c2)cc1. The number of fused-ring (bicyclic) bond motifs is 1. The Kier molecular flexibility index (Phi) is 6.03. The molecule has 128 valence electrons. The maximum Gasteiger partial charge on any atom is 0.119 e. The molecule has 0 saturated carbocycles. The van der Waals surface area contributed by atoms with E-state index in [1.54, 1.807) is 6.20 Å². The number of aromatic nitrogens is 1. The molecule has 0 fully saturated rings. The summed E-state index contributed by atoms with van der Waals surface area (Å²) in [5, 5.41) is 18.1. The van der Waals surface area contributed by atoms with Gasteiger partial charge in [-0.25, -0.2) is 0 Å². The molecule has 2 aromatic carbocycles. The van der Waals surface area contributed by atoms with Crippen molar-refractivity contribution >= 4 is 22.3 Å². The van der Waals surface area contributed by atoms with E-state index >= 15 is 0 Å². The van der Waals surface area contributed by atoms with Crippen LogP contribution >= 0.6 is 0 Å². The molecule has 1 aromatic heterocycles. The highest BCUT2D eigenvalue weighted by molar-refractivity contribution is 5.81. The molecule has 3 rings (SSSR count). The van der Waals surface area contributed by atoms with Crippen LogP contribution < -0.4 is 4.74 Å². The minimum Gasteiger partial charge on any atom is -0.491 e. The highest BCUT2D eigenvalue weighted by Gasteiger charge is 1.97. The van der Waals surface area contributed by atoms with E-state index in [1.807, 2.05) is 54.6 Å². The van der Waals surface area contributed by atoms with E-state index < -0.39 is 0 Å². The molecular formula is C19H19N3O3. The number of nitrogens with zero attached hydrogens (tertiary/aromatic N) is 3. The molecule has 0 unspecified atom stereocenters. The van der Waals surface area contributed by atoms with Crippen molar-refractivity contribution in [2.75, 3.05) is 26.4 Å². The van der Waals surface area contributed by atoms with Crippen LogP contribution in [0.5, 0.6) is 5.75 Å². The fourth-order valence-corrected chi connectivity index (χ4v) is 2.23. The second kappa shape index (κ2) is 8.86. The van der Waals surface area contributed by atoms with Gasteiger partial charge in [-0.1, -0.05) is 6.07 Å². The van der Waals surface area contributed by atoms with Gasteiger partial charge in [0.05, 0.1) is 36.7 Å². The molecular weight excluding hydrogens is 318 g/mol.